The van der Waals surface area contributed by atoms with Gasteiger partial charge in [0, 0.05) is 0 Å². The van der Waals surface area contributed by atoms with Crippen molar-refractivity contribution in [2.45, 2.75) is 32.6 Å². The maximum Gasteiger partial charge on any atom is 0.313 e. The highest BCUT2D eigenvalue weighted by Gasteiger charge is 2.14. The van der Waals surface area contributed by atoms with Crippen LogP contribution in [0.1, 0.15) is 32.6 Å². The molecule has 1 atom stereocenters. The minimum absolute atomic E-state index is 0.479. The summed E-state index contributed by atoms with van der Waals surface area (Å²) in [6.45, 7) is 2.04. The van der Waals surface area contributed by atoms with E-state index in [9.17, 15) is 9.59 Å². The number of aliphatic carboxylic acids is 1. The molecule has 0 bridgehead atoms. The Hall–Kier alpha value is -0.860. The molecule has 0 unspecified atom stereocenters. The predicted octanol–water partition coefficient (Wildman–Crippen LogP) is 1.47. The van der Waals surface area contributed by atoms with E-state index in [1.807, 2.05) is 6.92 Å². The third-order valence-electron chi connectivity index (χ3n) is 1.60. The monoisotopic (exact) mass is 158 g/mol. The van der Waals surface area contributed by atoms with Crippen LogP contribution in [0.4, 0.5) is 0 Å². The first-order valence-corrected chi connectivity index (χ1v) is 3.90. The summed E-state index contributed by atoms with van der Waals surface area (Å²) in [5, 5.41) is 8.44. The van der Waals surface area contributed by atoms with Crippen molar-refractivity contribution in [3.63, 3.8) is 0 Å². The highest BCUT2D eigenvalue weighted by Crippen LogP contribution is 2.07. The Morgan fingerprint density at radius 1 is 1.55 bits per heavy atom. The molecule has 1 N–H and O–H groups in total. The topological polar surface area (TPSA) is 54.4 Å². The fourth-order valence-electron chi connectivity index (χ4n) is 0.864. The van der Waals surface area contributed by atoms with Crippen LogP contribution in [0.2, 0.25) is 0 Å². The molecule has 0 fully saturated rings. The van der Waals surface area contributed by atoms with Crippen LogP contribution in [0, 0.1) is 5.92 Å². The molecule has 11 heavy (non-hydrogen) atoms. The van der Waals surface area contributed by atoms with E-state index in [1.165, 1.54) is 0 Å². The number of carbonyl (C=O) groups is 2. The van der Waals surface area contributed by atoms with Crippen molar-refractivity contribution in [3.05, 3.63) is 0 Å². The smallest absolute Gasteiger partial charge is 0.313 e. The van der Waals surface area contributed by atoms with E-state index in [1.54, 1.807) is 0 Å². The number of carboxylic acid groups (broad SMARTS) is 1. The number of aldehydes is 1. The van der Waals surface area contributed by atoms with Gasteiger partial charge in [0.2, 0.25) is 0 Å². The Balaban J connectivity index is 3.52. The fourth-order valence-corrected chi connectivity index (χ4v) is 0.864. The van der Waals surface area contributed by atoms with Crippen LogP contribution in [0.25, 0.3) is 0 Å². The molecule has 0 heterocycles. The lowest BCUT2D eigenvalue weighted by molar-refractivity contribution is -0.143. The van der Waals surface area contributed by atoms with Gasteiger partial charge in [-0.25, -0.2) is 0 Å². The Morgan fingerprint density at radius 2 is 2.18 bits per heavy atom. The molecule has 0 aliphatic rings. The molecule has 0 radical (unpaired) electrons. The number of hydrogen-bond donors (Lipinski definition) is 1. The van der Waals surface area contributed by atoms with E-state index in [0.717, 1.165) is 19.3 Å². The molecular weight excluding hydrogens is 144 g/mol. The van der Waals surface area contributed by atoms with Crippen LogP contribution < -0.4 is 0 Å². The Kier molecular flexibility index (Phi) is 5.43. The average Bonchev–Trinajstić information content (AvgIpc) is 1.97. The Labute approximate surface area is 66.4 Å². The zero-order valence-electron chi connectivity index (χ0n) is 6.75. The Bertz CT molecular complexity index is 131. The normalized spacial score (nSPS) is 12.5. The number of carbonyl (C=O) groups excluding carboxylic acids is 1. The van der Waals surface area contributed by atoms with Gasteiger partial charge >= 0.3 is 5.97 Å². The molecule has 0 saturated carbocycles. The average molecular weight is 158 g/mol. The molecule has 0 rings (SSSR count). The largest absolute Gasteiger partial charge is 0.481 e. The second kappa shape index (κ2) is 5.89. The van der Waals surface area contributed by atoms with Gasteiger partial charge < -0.3 is 9.90 Å². The molecule has 3 nitrogen and oxygen atoms in total. The zero-order valence-corrected chi connectivity index (χ0v) is 6.75. The van der Waals surface area contributed by atoms with Gasteiger partial charge in [-0.2, -0.15) is 0 Å². The standard InChI is InChI=1S/C8H14O3/c1-2-3-4-5-7(6-9)8(10)11/h6-7H,2-5H2,1H3,(H,10,11)/t7-/m1/s1. The number of hydrogen-bond acceptors (Lipinski definition) is 2. The summed E-state index contributed by atoms with van der Waals surface area (Å²) in [4.78, 5) is 20.5. The number of carboxylic acids is 1. The van der Waals surface area contributed by atoms with Gasteiger partial charge in [-0.15, -0.1) is 0 Å². The molecule has 0 spiro atoms. The highest BCUT2D eigenvalue weighted by atomic mass is 16.4. The first kappa shape index (κ1) is 10.1. The van der Waals surface area contributed by atoms with Crippen LogP contribution in [-0.4, -0.2) is 17.4 Å². The van der Waals surface area contributed by atoms with Crippen molar-refractivity contribution in [1.82, 2.24) is 0 Å². The summed E-state index contributed by atoms with van der Waals surface area (Å²) >= 11 is 0. The third-order valence-corrected chi connectivity index (χ3v) is 1.60. The summed E-state index contributed by atoms with van der Waals surface area (Å²) in [5.41, 5.74) is 0. The van der Waals surface area contributed by atoms with Crippen LogP contribution in [0.15, 0.2) is 0 Å². The highest BCUT2D eigenvalue weighted by molar-refractivity contribution is 5.86. The molecule has 0 aromatic rings. The van der Waals surface area contributed by atoms with Gasteiger partial charge in [-0.05, 0) is 6.42 Å². The molecule has 3 heteroatoms. The summed E-state index contributed by atoms with van der Waals surface area (Å²) in [7, 11) is 0. The summed E-state index contributed by atoms with van der Waals surface area (Å²) < 4.78 is 0. The van der Waals surface area contributed by atoms with Crippen molar-refractivity contribution >= 4 is 12.3 Å². The fraction of sp³-hybridized carbons (Fsp3) is 0.750. The van der Waals surface area contributed by atoms with Crippen LogP contribution in [0.3, 0.4) is 0 Å². The lowest BCUT2D eigenvalue weighted by atomic mass is 10.0. The summed E-state index contributed by atoms with van der Waals surface area (Å²) in [6, 6.07) is 0. The molecule has 0 amide bonds. The minimum atomic E-state index is -1.00. The van der Waals surface area contributed by atoms with Crippen molar-refractivity contribution in [3.8, 4) is 0 Å². The van der Waals surface area contributed by atoms with Gasteiger partial charge in [0.1, 0.15) is 12.2 Å². The molecule has 0 saturated heterocycles. The molecular formula is C8H14O3. The second-order valence-electron chi connectivity index (χ2n) is 2.58. The number of rotatable bonds is 6. The quantitative estimate of drug-likeness (QED) is 0.362. The molecule has 0 aliphatic carbocycles. The summed E-state index contributed by atoms with van der Waals surface area (Å²) in [5.74, 6) is -1.79. The zero-order chi connectivity index (χ0) is 8.69. The molecule has 64 valence electrons. The lowest BCUT2D eigenvalue weighted by Gasteiger charge is -2.02. The molecule has 0 aromatic heterocycles. The Morgan fingerprint density at radius 3 is 2.55 bits per heavy atom. The van der Waals surface area contributed by atoms with E-state index in [0.29, 0.717) is 12.7 Å². The van der Waals surface area contributed by atoms with E-state index in [2.05, 4.69) is 0 Å². The number of unbranched alkanes of at least 4 members (excludes halogenated alkanes) is 2. The van der Waals surface area contributed by atoms with Crippen LogP contribution >= 0.6 is 0 Å². The second-order valence-corrected chi connectivity index (χ2v) is 2.58. The van der Waals surface area contributed by atoms with E-state index in [4.69, 9.17) is 5.11 Å². The van der Waals surface area contributed by atoms with E-state index < -0.39 is 11.9 Å². The van der Waals surface area contributed by atoms with Crippen molar-refractivity contribution in [2.75, 3.05) is 0 Å². The lowest BCUT2D eigenvalue weighted by Crippen LogP contribution is -2.14. The van der Waals surface area contributed by atoms with E-state index >= 15 is 0 Å². The van der Waals surface area contributed by atoms with Crippen LogP contribution in [0.5, 0.6) is 0 Å². The van der Waals surface area contributed by atoms with Gasteiger partial charge in [0.05, 0.1) is 0 Å². The van der Waals surface area contributed by atoms with Crippen molar-refractivity contribution in [1.29, 1.82) is 0 Å². The predicted molar refractivity (Wildman–Crippen MR) is 41.3 cm³/mol. The van der Waals surface area contributed by atoms with Crippen molar-refractivity contribution in [2.24, 2.45) is 5.92 Å². The molecule has 0 aromatic carbocycles. The van der Waals surface area contributed by atoms with Gasteiger partial charge in [-0.3, -0.25) is 4.79 Å². The van der Waals surface area contributed by atoms with Crippen molar-refractivity contribution < 1.29 is 14.7 Å². The maximum absolute atomic E-state index is 10.3. The van der Waals surface area contributed by atoms with Crippen LogP contribution in [-0.2, 0) is 9.59 Å². The molecule has 0 aliphatic heterocycles. The first-order valence-electron chi connectivity index (χ1n) is 3.90. The van der Waals surface area contributed by atoms with Gasteiger partial charge in [0.15, 0.2) is 0 Å². The maximum atomic E-state index is 10.3. The van der Waals surface area contributed by atoms with Gasteiger partial charge in [0.25, 0.3) is 0 Å². The van der Waals surface area contributed by atoms with E-state index in [-0.39, 0.29) is 0 Å². The minimum Gasteiger partial charge on any atom is -0.481 e. The SMILES string of the molecule is CCCCC[C@H](C=O)C(=O)O. The van der Waals surface area contributed by atoms with Gasteiger partial charge in [-0.1, -0.05) is 26.2 Å². The summed E-state index contributed by atoms with van der Waals surface area (Å²) in [6.07, 6.45) is 3.86. The third kappa shape index (κ3) is 4.53. The first-order chi connectivity index (χ1) is 5.22.